The number of hydrogen-bond acceptors (Lipinski definition) is 6. The SMILES string of the molecule is CCC(O)[C@H](N)C(=O)N1CCCC12CCN([C@@H](CO)C(N)=O)C2=O. The van der Waals surface area contributed by atoms with Gasteiger partial charge in [-0.15, -0.1) is 0 Å². The fourth-order valence-corrected chi connectivity index (χ4v) is 3.70. The van der Waals surface area contributed by atoms with Gasteiger partial charge in [0.15, 0.2) is 0 Å². The maximum atomic E-state index is 12.9. The highest BCUT2D eigenvalue weighted by Crippen LogP contribution is 2.39. The Bertz CT molecular complexity index is 528. The number of rotatable bonds is 6. The van der Waals surface area contributed by atoms with Crippen LogP contribution in [0, 0.1) is 0 Å². The summed E-state index contributed by atoms with van der Waals surface area (Å²) in [5, 5.41) is 19.2. The Hall–Kier alpha value is -1.71. The first-order valence-electron chi connectivity index (χ1n) is 8.26. The van der Waals surface area contributed by atoms with Crippen LogP contribution in [-0.4, -0.2) is 81.2 Å². The second kappa shape index (κ2) is 7.04. The molecule has 6 N–H and O–H groups in total. The van der Waals surface area contributed by atoms with Crippen LogP contribution < -0.4 is 11.5 Å². The van der Waals surface area contributed by atoms with Crippen molar-refractivity contribution in [1.82, 2.24) is 9.80 Å². The van der Waals surface area contributed by atoms with Crippen molar-refractivity contribution in [2.24, 2.45) is 11.5 Å². The van der Waals surface area contributed by atoms with Gasteiger partial charge in [0.1, 0.15) is 17.6 Å². The highest BCUT2D eigenvalue weighted by atomic mass is 16.3. The molecule has 0 aromatic heterocycles. The van der Waals surface area contributed by atoms with Gasteiger partial charge < -0.3 is 31.5 Å². The second-order valence-corrected chi connectivity index (χ2v) is 6.48. The van der Waals surface area contributed by atoms with Gasteiger partial charge in [-0.3, -0.25) is 14.4 Å². The molecule has 24 heavy (non-hydrogen) atoms. The smallest absolute Gasteiger partial charge is 0.249 e. The van der Waals surface area contributed by atoms with Crippen LogP contribution >= 0.6 is 0 Å². The summed E-state index contributed by atoms with van der Waals surface area (Å²) in [5.41, 5.74) is 10.0. The van der Waals surface area contributed by atoms with Crippen LogP contribution in [0.2, 0.25) is 0 Å². The molecule has 0 aliphatic carbocycles. The zero-order chi connectivity index (χ0) is 18.1. The predicted molar refractivity (Wildman–Crippen MR) is 84.3 cm³/mol. The Labute approximate surface area is 140 Å². The van der Waals surface area contributed by atoms with Gasteiger partial charge in [0.05, 0.1) is 12.7 Å². The Kier molecular flexibility index (Phi) is 5.46. The average molecular weight is 342 g/mol. The van der Waals surface area contributed by atoms with Crippen molar-refractivity contribution in [1.29, 1.82) is 0 Å². The lowest BCUT2D eigenvalue weighted by atomic mass is 9.93. The first kappa shape index (κ1) is 18.6. The van der Waals surface area contributed by atoms with E-state index >= 15 is 0 Å². The number of amides is 3. The monoisotopic (exact) mass is 342 g/mol. The molecule has 0 radical (unpaired) electrons. The summed E-state index contributed by atoms with van der Waals surface area (Å²) in [6.07, 6.45) is 0.831. The lowest BCUT2D eigenvalue weighted by molar-refractivity contribution is -0.151. The summed E-state index contributed by atoms with van der Waals surface area (Å²) in [4.78, 5) is 39.7. The number of hydrogen-bond donors (Lipinski definition) is 4. The summed E-state index contributed by atoms with van der Waals surface area (Å²) in [6, 6.07) is -2.18. The maximum Gasteiger partial charge on any atom is 0.249 e. The molecule has 0 saturated carbocycles. The van der Waals surface area contributed by atoms with Crippen molar-refractivity contribution in [3.8, 4) is 0 Å². The van der Waals surface area contributed by atoms with Gasteiger partial charge in [-0.25, -0.2) is 0 Å². The molecule has 2 rings (SSSR count). The Morgan fingerprint density at radius 3 is 2.54 bits per heavy atom. The highest BCUT2D eigenvalue weighted by molar-refractivity contribution is 5.97. The molecule has 9 nitrogen and oxygen atoms in total. The van der Waals surface area contributed by atoms with Gasteiger partial charge >= 0.3 is 0 Å². The van der Waals surface area contributed by atoms with Gasteiger partial charge in [0, 0.05) is 13.1 Å². The number of carbonyl (C=O) groups excluding carboxylic acids is 3. The van der Waals surface area contributed by atoms with Crippen molar-refractivity contribution in [2.75, 3.05) is 19.7 Å². The zero-order valence-electron chi connectivity index (χ0n) is 13.9. The van der Waals surface area contributed by atoms with Crippen molar-refractivity contribution < 1.29 is 24.6 Å². The number of aliphatic hydroxyl groups excluding tert-OH is 2. The molecule has 2 aliphatic rings. The van der Waals surface area contributed by atoms with E-state index in [0.29, 0.717) is 32.2 Å². The van der Waals surface area contributed by atoms with Crippen molar-refractivity contribution >= 4 is 17.7 Å². The third-order valence-corrected chi connectivity index (χ3v) is 5.18. The molecule has 0 bridgehead atoms. The van der Waals surface area contributed by atoms with Gasteiger partial charge in [0.2, 0.25) is 17.7 Å². The molecule has 0 aromatic carbocycles. The molecule has 2 unspecified atom stereocenters. The van der Waals surface area contributed by atoms with Gasteiger partial charge in [-0.05, 0) is 25.7 Å². The molecule has 4 atom stereocenters. The lowest BCUT2D eigenvalue weighted by Crippen LogP contribution is -2.60. The lowest BCUT2D eigenvalue weighted by Gasteiger charge is -2.36. The van der Waals surface area contributed by atoms with Crippen molar-refractivity contribution in [2.45, 2.75) is 56.3 Å². The van der Waals surface area contributed by atoms with Crippen molar-refractivity contribution in [3.63, 3.8) is 0 Å². The maximum absolute atomic E-state index is 12.9. The molecular formula is C15H26N4O5. The first-order chi connectivity index (χ1) is 11.3. The van der Waals surface area contributed by atoms with E-state index in [-0.39, 0.29) is 12.5 Å². The molecule has 2 aliphatic heterocycles. The molecular weight excluding hydrogens is 316 g/mol. The normalized spacial score (nSPS) is 27.6. The highest BCUT2D eigenvalue weighted by Gasteiger charge is 2.57. The van der Waals surface area contributed by atoms with E-state index in [1.165, 1.54) is 9.80 Å². The van der Waals surface area contributed by atoms with Crippen LogP contribution in [0.1, 0.15) is 32.6 Å². The number of nitrogens with zero attached hydrogens (tertiary/aromatic N) is 2. The molecule has 2 fully saturated rings. The summed E-state index contributed by atoms with van der Waals surface area (Å²) in [5.74, 6) is -1.63. The quantitative estimate of drug-likeness (QED) is 0.420. The van der Waals surface area contributed by atoms with E-state index in [2.05, 4.69) is 0 Å². The fourth-order valence-electron chi connectivity index (χ4n) is 3.70. The Morgan fingerprint density at radius 2 is 2.00 bits per heavy atom. The molecule has 2 heterocycles. The van der Waals surface area contributed by atoms with Gasteiger partial charge in [-0.2, -0.15) is 0 Å². The van der Waals surface area contributed by atoms with Crippen LogP contribution in [0.4, 0.5) is 0 Å². The summed E-state index contributed by atoms with van der Waals surface area (Å²) >= 11 is 0. The van der Waals surface area contributed by atoms with Crippen LogP contribution in [0.25, 0.3) is 0 Å². The van der Waals surface area contributed by atoms with Crippen molar-refractivity contribution in [3.05, 3.63) is 0 Å². The van der Waals surface area contributed by atoms with Gasteiger partial charge in [0.25, 0.3) is 0 Å². The fraction of sp³-hybridized carbons (Fsp3) is 0.800. The molecule has 3 amide bonds. The van der Waals surface area contributed by atoms with E-state index in [4.69, 9.17) is 11.5 Å². The molecule has 136 valence electrons. The number of aliphatic hydroxyl groups is 2. The Morgan fingerprint density at radius 1 is 1.33 bits per heavy atom. The number of carbonyl (C=O) groups is 3. The summed E-state index contributed by atoms with van der Waals surface area (Å²) < 4.78 is 0. The third kappa shape index (κ3) is 2.87. The molecule has 2 saturated heterocycles. The second-order valence-electron chi connectivity index (χ2n) is 6.48. The van der Waals surface area contributed by atoms with E-state index < -0.39 is 42.1 Å². The van der Waals surface area contributed by atoms with Crippen LogP contribution in [0.3, 0.4) is 0 Å². The summed E-state index contributed by atoms with van der Waals surface area (Å²) in [6.45, 7) is 1.78. The van der Waals surface area contributed by atoms with E-state index in [9.17, 15) is 24.6 Å². The number of primary amides is 1. The zero-order valence-corrected chi connectivity index (χ0v) is 13.9. The van der Waals surface area contributed by atoms with Crippen LogP contribution in [0.15, 0.2) is 0 Å². The molecule has 1 spiro atoms. The summed E-state index contributed by atoms with van der Waals surface area (Å²) in [7, 11) is 0. The number of likely N-dealkylation sites (tertiary alicyclic amines) is 2. The average Bonchev–Trinajstić information content (AvgIpc) is 3.13. The largest absolute Gasteiger partial charge is 0.394 e. The minimum absolute atomic E-state index is 0.238. The third-order valence-electron chi connectivity index (χ3n) is 5.18. The van der Waals surface area contributed by atoms with E-state index in [1.807, 2.05) is 0 Å². The van der Waals surface area contributed by atoms with Gasteiger partial charge in [-0.1, -0.05) is 6.92 Å². The predicted octanol–water partition coefficient (Wildman–Crippen LogP) is -2.48. The van der Waals surface area contributed by atoms with Crippen LogP contribution in [-0.2, 0) is 14.4 Å². The standard InChI is InChI=1S/C15H26N4O5/c1-2-10(21)11(16)13(23)19-6-3-4-15(19)5-7-18(14(15)24)9(8-20)12(17)22/h9-11,20-21H,2-8,16H2,1H3,(H2,17,22)/t9-,10?,11-,15?/m0/s1. The Balaban J connectivity index is 2.24. The molecule has 9 heteroatoms. The van der Waals surface area contributed by atoms with E-state index in [1.54, 1.807) is 6.92 Å². The molecule has 0 aromatic rings. The first-order valence-corrected chi connectivity index (χ1v) is 8.26. The number of nitrogens with two attached hydrogens (primary N) is 2. The minimum Gasteiger partial charge on any atom is -0.394 e. The van der Waals surface area contributed by atoms with Crippen LogP contribution in [0.5, 0.6) is 0 Å². The van der Waals surface area contributed by atoms with E-state index in [0.717, 1.165) is 0 Å². The minimum atomic E-state index is -1.09. The topological polar surface area (TPSA) is 150 Å².